The molecule has 0 unspecified atom stereocenters. The maximum absolute atomic E-state index is 12.9. The Kier molecular flexibility index (Phi) is 4.79. The molecule has 0 aromatic heterocycles. The highest BCUT2D eigenvalue weighted by molar-refractivity contribution is 5.98. The van der Waals surface area contributed by atoms with Gasteiger partial charge in [0, 0.05) is 30.3 Å². The molecule has 1 aliphatic rings. The summed E-state index contributed by atoms with van der Waals surface area (Å²) in [4.78, 5) is 14.4. The first kappa shape index (κ1) is 17.5. The Morgan fingerprint density at radius 2 is 1.48 bits per heavy atom. The fourth-order valence-corrected chi connectivity index (χ4v) is 3.11. The standard InChI is InChI=1S/C19H17F4NO/c20-16-5-1-13(2-6-16)18(25)14-9-11-24(12-10-14)17-7-3-15(4-8-17)19(21,22)23/h1-8,14H,9-12H2. The lowest BCUT2D eigenvalue weighted by atomic mass is 9.88. The third-order valence-electron chi connectivity index (χ3n) is 4.55. The number of rotatable bonds is 3. The number of piperidine rings is 1. The topological polar surface area (TPSA) is 20.3 Å². The van der Waals surface area contributed by atoms with Crippen LogP contribution >= 0.6 is 0 Å². The minimum atomic E-state index is -4.34. The number of halogens is 4. The van der Waals surface area contributed by atoms with Crippen LogP contribution in [-0.4, -0.2) is 18.9 Å². The van der Waals surface area contributed by atoms with Gasteiger partial charge in [-0.2, -0.15) is 13.2 Å². The van der Waals surface area contributed by atoms with Gasteiger partial charge in [0.25, 0.3) is 0 Å². The minimum absolute atomic E-state index is 0.00734. The molecule has 1 heterocycles. The van der Waals surface area contributed by atoms with Crippen LogP contribution in [0.25, 0.3) is 0 Å². The van der Waals surface area contributed by atoms with E-state index >= 15 is 0 Å². The van der Waals surface area contributed by atoms with Crippen molar-refractivity contribution in [2.75, 3.05) is 18.0 Å². The number of nitrogens with zero attached hydrogens (tertiary/aromatic N) is 1. The molecule has 2 aromatic carbocycles. The molecule has 1 aliphatic heterocycles. The SMILES string of the molecule is O=C(c1ccc(F)cc1)C1CCN(c2ccc(C(F)(F)F)cc2)CC1. The van der Waals surface area contributed by atoms with Gasteiger partial charge in [0.2, 0.25) is 0 Å². The highest BCUT2D eigenvalue weighted by atomic mass is 19.4. The van der Waals surface area contributed by atoms with E-state index in [0.29, 0.717) is 31.5 Å². The number of Topliss-reactive ketones (excluding diaryl/α,β-unsaturated/α-hetero) is 1. The van der Waals surface area contributed by atoms with Gasteiger partial charge in [0.15, 0.2) is 5.78 Å². The molecule has 0 bridgehead atoms. The number of carbonyl (C=O) groups is 1. The molecule has 25 heavy (non-hydrogen) atoms. The molecule has 0 spiro atoms. The van der Waals surface area contributed by atoms with E-state index in [9.17, 15) is 22.4 Å². The molecule has 0 aliphatic carbocycles. The summed E-state index contributed by atoms with van der Waals surface area (Å²) in [5, 5.41) is 0. The molecule has 0 amide bonds. The molecule has 2 nitrogen and oxygen atoms in total. The van der Waals surface area contributed by atoms with Gasteiger partial charge in [-0.1, -0.05) is 0 Å². The zero-order chi connectivity index (χ0) is 18.0. The van der Waals surface area contributed by atoms with Crippen molar-refractivity contribution in [3.63, 3.8) is 0 Å². The Balaban J connectivity index is 1.61. The maximum Gasteiger partial charge on any atom is 0.416 e. The van der Waals surface area contributed by atoms with Crippen LogP contribution in [0.2, 0.25) is 0 Å². The van der Waals surface area contributed by atoms with Crippen molar-refractivity contribution in [2.45, 2.75) is 19.0 Å². The van der Waals surface area contributed by atoms with E-state index < -0.39 is 11.7 Å². The first-order valence-corrected chi connectivity index (χ1v) is 8.06. The molecule has 0 atom stereocenters. The van der Waals surface area contributed by atoms with Crippen molar-refractivity contribution in [3.8, 4) is 0 Å². The van der Waals surface area contributed by atoms with Crippen LogP contribution in [0.5, 0.6) is 0 Å². The number of alkyl halides is 3. The van der Waals surface area contributed by atoms with E-state index in [-0.39, 0.29) is 17.5 Å². The average Bonchev–Trinajstić information content (AvgIpc) is 2.61. The van der Waals surface area contributed by atoms with Gasteiger partial charge in [-0.05, 0) is 61.4 Å². The van der Waals surface area contributed by atoms with E-state index in [4.69, 9.17) is 0 Å². The maximum atomic E-state index is 12.9. The molecule has 0 saturated carbocycles. The van der Waals surface area contributed by atoms with Crippen LogP contribution in [0, 0.1) is 11.7 Å². The highest BCUT2D eigenvalue weighted by Crippen LogP contribution is 2.32. The van der Waals surface area contributed by atoms with Crippen LogP contribution < -0.4 is 4.90 Å². The molecule has 1 fully saturated rings. The third kappa shape index (κ3) is 4.00. The van der Waals surface area contributed by atoms with E-state index in [1.165, 1.54) is 36.4 Å². The van der Waals surface area contributed by atoms with Crippen molar-refractivity contribution in [2.24, 2.45) is 5.92 Å². The predicted octanol–water partition coefficient (Wildman–Crippen LogP) is 4.94. The molecule has 132 valence electrons. The summed E-state index contributed by atoms with van der Waals surface area (Å²) in [6.07, 6.45) is -3.10. The number of hydrogen-bond acceptors (Lipinski definition) is 2. The Hall–Kier alpha value is -2.37. The quantitative estimate of drug-likeness (QED) is 0.576. The zero-order valence-electron chi connectivity index (χ0n) is 13.4. The molecule has 6 heteroatoms. The Morgan fingerprint density at radius 3 is 2.00 bits per heavy atom. The van der Waals surface area contributed by atoms with Crippen molar-refractivity contribution in [1.82, 2.24) is 0 Å². The van der Waals surface area contributed by atoms with Crippen LogP contribution in [0.1, 0.15) is 28.8 Å². The van der Waals surface area contributed by atoms with Gasteiger partial charge in [0.1, 0.15) is 5.82 Å². The second-order valence-corrected chi connectivity index (χ2v) is 6.18. The van der Waals surface area contributed by atoms with Gasteiger partial charge in [-0.3, -0.25) is 4.79 Å². The summed E-state index contributed by atoms with van der Waals surface area (Å²) in [5.41, 5.74) is 0.549. The number of anilines is 1. The lowest BCUT2D eigenvalue weighted by Gasteiger charge is -2.33. The van der Waals surface area contributed by atoms with Gasteiger partial charge in [-0.25, -0.2) is 4.39 Å². The van der Waals surface area contributed by atoms with Gasteiger partial charge in [-0.15, -0.1) is 0 Å². The summed E-state index contributed by atoms with van der Waals surface area (Å²) in [7, 11) is 0. The van der Waals surface area contributed by atoms with Crippen molar-refractivity contribution < 1.29 is 22.4 Å². The van der Waals surface area contributed by atoms with Crippen molar-refractivity contribution in [3.05, 3.63) is 65.5 Å². The van der Waals surface area contributed by atoms with Crippen molar-refractivity contribution >= 4 is 11.5 Å². The summed E-state index contributed by atoms with van der Waals surface area (Å²) < 4.78 is 50.8. The lowest BCUT2D eigenvalue weighted by molar-refractivity contribution is -0.137. The highest BCUT2D eigenvalue weighted by Gasteiger charge is 2.31. The lowest BCUT2D eigenvalue weighted by Crippen LogP contribution is -2.36. The third-order valence-corrected chi connectivity index (χ3v) is 4.55. The van der Waals surface area contributed by atoms with Crippen LogP contribution in [-0.2, 0) is 6.18 Å². The summed E-state index contributed by atoms with van der Waals surface area (Å²) in [6.45, 7) is 1.20. The summed E-state index contributed by atoms with van der Waals surface area (Å²) >= 11 is 0. The fraction of sp³-hybridized carbons (Fsp3) is 0.316. The fourth-order valence-electron chi connectivity index (χ4n) is 3.11. The first-order chi connectivity index (χ1) is 11.8. The molecule has 2 aromatic rings. The molecule has 0 radical (unpaired) electrons. The molecule has 0 N–H and O–H groups in total. The van der Waals surface area contributed by atoms with E-state index in [2.05, 4.69) is 0 Å². The number of carbonyl (C=O) groups excluding carboxylic acids is 1. The Morgan fingerprint density at radius 1 is 0.920 bits per heavy atom. The molecular formula is C19H17F4NO. The van der Waals surface area contributed by atoms with Gasteiger partial charge < -0.3 is 4.90 Å². The normalized spacial score (nSPS) is 16.1. The molecular weight excluding hydrogens is 334 g/mol. The number of ketones is 1. The van der Waals surface area contributed by atoms with E-state index in [1.807, 2.05) is 4.90 Å². The van der Waals surface area contributed by atoms with Crippen LogP contribution in [0.3, 0.4) is 0 Å². The Labute approximate surface area is 143 Å². The number of hydrogen-bond donors (Lipinski definition) is 0. The van der Waals surface area contributed by atoms with E-state index in [1.54, 1.807) is 0 Å². The number of benzene rings is 2. The zero-order valence-corrected chi connectivity index (χ0v) is 13.4. The van der Waals surface area contributed by atoms with Crippen LogP contribution in [0.15, 0.2) is 48.5 Å². The van der Waals surface area contributed by atoms with Gasteiger partial charge in [0.05, 0.1) is 5.56 Å². The first-order valence-electron chi connectivity index (χ1n) is 8.06. The minimum Gasteiger partial charge on any atom is -0.371 e. The monoisotopic (exact) mass is 351 g/mol. The summed E-state index contributed by atoms with van der Waals surface area (Å²) in [5.74, 6) is -0.531. The molecule has 1 saturated heterocycles. The predicted molar refractivity (Wildman–Crippen MR) is 87.1 cm³/mol. The van der Waals surface area contributed by atoms with E-state index in [0.717, 1.165) is 17.8 Å². The average molecular weight is 351 g/mol. The van der Waals surface area contributed by atoms with Gasteiger partial charge >= 0.3 is 6.18 Å². The Bertz CT molecular complexity index is 730. The second kappa shape index (κ2) is 6.86. The van der Waals surface area contributed by atoms with Crippen molar-refractivity contribution in [1.29, 1.82) is 0 Å². The van der Waals surface area contributed by atoms with Crippen LogP contribution in [0.4, 0.5) is 23.2 Å². The smallest absolute Gasteiger partial charge is 0.371 e. The second-order valence-electron chi connectivity index (χ2n) is 6.18. The largest absolute Gasteiger partial charge is 0.416 e. The molecule has 3 rings (SSSR count). The summed E-state index contributed by atoms with van der Waals surface area (Å²) in [6, 6.07) is 10.6.